The fraction of sp³-hybridized carbons (Fsp3) is 0.267. The van der Waals surface area contributed by atoms with Crippen LogP contribution in [0.25, 0.3) is 11.0 Å². The van der Waals surface area contributed by atoms with Crippen LogP contribution in [0.2, 0.25) is 0 Å². The van der Waals surface area contributed by atoms with E-state index in [1.54, 1.807) is 12.3 Å². The van der Waals surface area contributed by atoms with Crippen LogP contribution in [0.5, 0.6) is 0 Å². The van der Waals surface area contributed by atoms with Gasteiger partial charge < -0.3 is 5.32 Å². The SMILES string of the molecule is Cc1csc(=O)n1CC(=O)Nc1cnc2c(c1)c(=O)n(C)c(=O)n2C. The normalized spacial score (nSPS) is 11.0. The van der Waals surface area contributed by atoms with Crippen LogP contribution in [0.4, 0.5) is 5.69 Å². The van der Waals surface area contributed by atoms with E-state index in [-0.39, 0.29) is 22.5 Å². The summed E-state index contributed by atoms with van der Waals surface area (Å²) in [6.45, 7) is 1.62. The first-order valence-corrected chi connectivity index (χ1v) is 8.18. The van der Waals surface area contributed by atoms with Crippen molar-refractivity contribution < 1.29 is 4.79 Å². The van der Waals surface area contributed by atoms with Gasteiger partial charge in [-0.15, -0.1) is 0 Å². The number of amides is 1. The van der Waals surface area contributed by atoms with Crippen LogP contribution in [0, 0.1) is 6.92 Å². The largest absolute Gasteiger partial charge is 0.332 e. The molecule has 0 aromatic carbocycles. The predicted molar refractivity (Wildman–Crippen MR) is 94.2 cm³/mol. The molecule has 10 heteroatoms. The van der Waals surface area contributed by atoms with Crippen molar-refractivity contribution in [3.63, 3.8) is 0 Å². The van der Waals surface area contributed by atoms with Crippen LogP contribution in [0.1, 0.15) is 5.69 Å². The maximum absolute atomic E-state index is 12.2. The van der Waals surface area contributed by atoms with Crippen LogP contribution < -0.4 is 21.4 Å². The summed E-state index contributed by atoms with van der Waals surface area (Å²) in [5.74, 6) is -0.411. The quantitative estimate of drug-likeness (QED) is 0.695. The highest BCUT2D eigenvalue weighted by atomic mass is 32.1. The van der Waals surface area contributed by atoms with Gasteiger partial charge in [0.2, 0.25) is 5.91 Å². The van der Waals surface area contributed by atoms with Crippen molar-refractivity contribution in [2.75, 3.05) is 5.32 Å². The third-order valence-corrected chi connectivity index (χ3v) is 4.74. The lowest BCUT2D eigenvalue weighted by molar-refractivity contribution is -0.116. The number of thiazole rings is 1. The monoisotopic (exact) mass is 361 g/mol. The van der Waals surface area contributed by atoms with Gasteiger partial charge in [0.15, 0.2) is 0 Å². The smallest absolute Gasteiger partial charge is 0.323 e. The maximum Gasteiger partial charge on any atom is 0.332 e. The molecule has 0 aliphatic rings. The lowest BCUT2D eigenvalue weighted by atomic mass is 10.3. The zero-order valence-electron chi connectivity index (χ0n) is 13.8. The number of fused-ring (bicyclic) bond motifs is 1. The molecule has 0 saturated carbocycles. The number of carbonyl (C=O) groups excluding carboxylic acids is 1. The Bertz CT molecular complexity index is 1170. The average molecular weight is 361 g/mol. The van der Waals surface area contributed by atoms with Gasteiger partial charge >= 0.3 is 10.6 Å². The summed E-state index contributed by atoms with van der Waals surface area (Å²) in [5.41, 5.74) is 0.275. The van der Waals surface area contributed by atoms with Gasteiger partial charge in [0, 0.05) is 25.2 Å². The van der Waals surface area contributed by atoms with Gasteiger partial charge in [0.05, 0.1) is 17.3 Å². The summed E-state index contributed by atoms with van der Waals surface area (Å²) in [4.78, 5) is 51.8. The van der Waals surface area contributed by atoms with E-state index in [1.807, 2.05) is 0 Å². The molecule has 0 spiro atoms. The Hall–Kier alpha value is -3.01. The number of hydrogen-bond acceptors (Lipinski definition) is 6. The molecular weight excluding hydrogens is 346 g/mol. The molecule has 0 bridgehead atoms. The van der Waals surface area contributed by atoms with Gasteiger partial charge in [0.1, 0.15) is 12.2 Å². The lowest BCUT2D eigenvalue weighted by Crippen LogP contribution is -2.37. The second-order valence-electron chi connectivity index (χ2n) is 5.58. The van der Waals surface area contributed by atoms with Gasteiger partial charge in [0.25, 0.3) is 5.56 Å². The first kappa shape index (κ1) is 16.8. The standard InChI is InChI=1S/C15H15N5O4S/c1-8-7-25-15(24)20(8)6-11(21)17-9-4-10-12(16-5-9)18(2)14(23)19(3)13(10)22/h4-5,7H,6H2,1-3H3,(H,17,21). The fourth-order valence-corrected chi connectivity index (χ4v) is 3.21. The Kier molecular flexibility index (Phi) is 4.13. The zero-order chi connectivity index (χ0) is 18.3. The summed E-state index contributed by atoms with van der Waals surface area (Å²) in [5, 5.41) is 4.51. The first-order chi connectivity index (χ1) is 11.8. The number of anilines is 1. The summed E-state index contributed by atoms with van der Waals surface area (Å²) < 4.78 is 3.59. The molecule has 3 heterocycles. The molecule has 130 valence electrons. The number of aryl methyl sites for hydroxylation is 2. The van der Waals surface area contributed by atoms with Crippen molar-refractivity contribution in [3.8, 4) is 0 Å². The van der Waals surface area contributed by atoms with E-state index in [0.29, 0.717) is 11.4 Å². The predicted octanol–water partition coefficient (Wildman–Crippen LogP) is -0.197. The average Bonchev–Trinajstić information content (AvgIpc) is 2.90. The molecule has 1 N–H and O–H groups in total. The molecule has 0 unspecified atom stereocenters. The van der Waals surface area contributed by atoms with E-state index in [2.05, 4.69) is 10.3 Å². The third-order valence-electron chi connectivity index (χ3n) is 3.86. The Morgan fingerprint density at radius 3 is 2.60 bits per heavy atom. The minimum absolute atomic E-state index is 0.127. The molecule has 0 saturated heterocycles. The summed E-state index contributed by atoms with van der Waals surface area (Å²) in [6.07, 6.45) is 1.36. The van der Waals surface area contributed by atoms with E-state index in [1.165, 1.54) is 35.5 Å². The Balaban J connectivity index is 1.95. The molecule has 25 heavy (non-hydrogen) atoms. The van der Waals surface area contributed by atoms with Crippen LogP contribution in [0.3, 0.4) is 0 Å². The maximum atomic E-state index is 12.2. The van der Waals surface area contributed by atoms with Crippen molar-refractivity contribution in [3.05, 3.63) is 53.8 Å². The Morgan fingerprint density at radius 1 is 1.24 bits per heavy atom. The number of carbonyl (C=O) groups is 1. The topological polar surface area (TPSA) is 108 Å². The minimum Gasteiger partial charge on any atom is -0.323 e. The molecule has 3 aromatic rings. The van der Waals surface area contributed by atoms with Crippen molar-refractivity contribution in [2.24, 2.45) is 14.1 Å². The lowest BCUT2D eigenvalue weighted by Gasteiger charge is -2.09. The van der Waals surface area contributed by atoms with Crippen molar-refractivity contribution in [1.82, 2.24) is 18.7 Å². The van der Waals surface area contributed by atoms with Crippen LogP contribution in [-0.4, -0.2) is 24.6 Å². The zero-order valence-corrected chi connectivity index (χ0v) is 14.6. The van der Waals surface area contributed by atoms with E-state index < -0.39 is 17.2 Å². The molecule has 9 nitrogen and oxygen atoms in total. The molecular formula is C15H15N5O4S. The number of rotatable bonds is 3. The highest BCUT2D eigenvalue weighted by Gasteiger charge is 2.12. The van der Waals surface area contributed by atoms with Gasteiger partial charge in [-0.2, -0.15) is 0 Å². The molecule has 3 rings (SSSR count). The molecule has 0 radical (unpaired) electrons. The van der Waals surface area contributed by atoms with Gasteiger partial charge in [-0.25, -0.2) is 9.78 Å². The number of pyridine rings is 1. The first-order valence-electron chi connectivity index (χ1n) is 7.30. The van der Waals surface area contributed by atoms with Gasteiger partial charge in [-0.1, -0.05) is 11.3 Å². The molecule has 0 fully saturated rings. The minimum atomic E-state index is -0.494. The number of hydrogen-bond donors (Lipinski definition) is 1. The highest BCUT2D eigenvalue weighted by Crippen LogP contribution is 2.12. The summed E-state index contributed by atoms with van der Waals surface area (Å²) in [7, 11) is 2.89. The highest BCUT2D eigenvalue weighted by molar-refractivity contribution is 7.07. The van der Waals surface area contributed by atoms with E-state index >= 15 is 0 Å². The van der Waals surface area contributed by atoms with Gasteiger partial charge in [-0.05, 0) is 13.0 Å². The number of nitrogens with zero attached hydrogens (tertiary/aromatic N) is 4. The van der Waals surface area contributed by atoms with E-state index in [0.717, 1.165) is 15.9 Å². The second-order valence-corrected chi connectivity index (χ2v) is 6.40. The van der Waals surface area contributed by atoms with Crippen LogP contribution in [-0.2, 0) is 25.4 Å². The summed E-state index contributed by atoms with van der Waals surface area (Å²) in [6, 6.07) is 1.46. The second kappa shape index (κ2) is 6.13. The molecule has 0 aliphatic carbocycles. The number of nitrogens with one attached hydrogen (secondary N) is 1. The summed E-state index contributed by atoms with van der Waals surface area (Å²) >= 11 is 1.03. The van der Waals surface area contributed by atoms with Crippen LogP contribution >= 0.6 is 11.3 Å². The molecule has 1 amide bonds. The van der Waals surface area contributed by atoms with Crippen molar-refractivity contribution >= 4 is 34.0 Å². The fourth-order valence-electron chi connectivity index (χ4n) is 2.47. The van der Waals surface area contributed by atoms with Crippen molar-refractivity contribution in [1.29, 1.82) is 0 Å². The molecule has 0 atom stereocenters. The van der Waals surface area contributed by atoms with Crippen LogP contribution in [0.15, 0.2) is 32.0 Å². The Labute approximate surface area is 144 Å². The van der Waals surface area contributed by atoms with Gasteiger partial charge in [-0.3, -0.25) is 28.1 Å². The van der Waals surface area contributed by atoms with E-state index in [9.17, 15) is 19.2 Å². The molecule has 0 aliphatic heterocycles. The third kappa shape index (κ3) is 2.91. The van der Waals surface area contributed by atoms with E-state index in [4.69, 9.17) is 0 Å². The van der Waals surface area contributed by atoms with Crippen molar-refractivity contribution in [2.45, 2.75) is 13.5 Å². The Morgan fingerprint density at radius 2 is 1.96 bits per heavy atom. The molecule has 3 aromatic heterocycles. The number of aromatic nitrogens is 4.